The van der Waals surface area contributed by atoms with Gasteiger partial charge < -0.3 is 14.8 Å². The minimum Gasteiger partial charge on any atom is -0.490 e. The highest BCUT2D eigenvalue weighted by atomic mass is 16.5. The fraction of sp³-hybridized carbons (Fsp3) is 0.286. The van der Waals surface area contributed by atoms with Gasteiger partial charge >= 0.3 is 0 Å². The molecule has 2 aromatic rings. The van der Waals surface area contributed by atoms with Crippen LogP contribution in [-0.4, -0.2) is 37.2 Å². The quantitative estimate of drug-likeness (QED) is 0.651. The summed E-state index contributed by atoms with van der Waals surface area (Å²) in [6.45, 7) is 3.39. The average molecular weight is 369 g/mol. The van der Waals surface area contributed by atoms with Gasteiger partial charge in [-0.25, -0.2) is 0 Å². The lowest BCUT2D eigenvalue weighted by Gasteiger charge is -2.17. The summed E-state index contributed by atoms with van der Waals surface area (Å²) in [7, 11) is 0. The summed E-state index contributed by atoms with van der Waals surface area (Å²) in [5.74, 6) is 0.216. The number of hydrogen-bond donors (Lipinski definition) is 1. The topological polar surface area (TPSA) is 81.7 Å². The molecule has 0 aliphatic carbocycles. The van der Waals surface area contributed by atoms with Crippen LogP contribution in [-0.2, 0) is 16.0 Å². The van der Waals surface area contributed by atoms with Gasteiger partial charge in [0.25, 0.3) is 5.91 Å². The molecule has 0 bridgehead atoms. The van der Waals surface area contributed by atoms with Gasteiger partial charge in [-0.2, -0.15) is 0 Å². The third-order valence-electron chi connectivity index (χ3n) is 3.87. The van der Waals surface area contributed by atoms with Crippen LogP contribution in [0.15, 0.2) is 48.5 Å². The van der Waals surface area contributed by atoms with Crippen molar-refractivity contribution in [3.05, 3.63) is 59.7 Å². The number of ether oxygens (including phenoxy) is 2. The minimum atomic E-state index is -0.618. The van der Waals surface area contributed by atoms with Gasteiger partial charge in [0.1, 0.15) is 6.29 Å². The van der Waals surface area contributed by atoms with Crippen molar-refractivity contribution in [1.29, 1.82) is 0 Å². The molecule has 1 atom stereocenters. The van der Waals surface area contributed by atoms with E-state index in [1.54, 1.807) is 18.2 Å². The van der Waals surface area contributed by atoms with Crippen molar-refractivity contribution in [1.82, 2.24) is 5.32 Å². The molecule has 1 amide bonds. The normalized spacial score (nSPS) is 11.3. The standard InChI is InChI=1S/C21H23NO5/c1-3-26-20-12-17(13-23)9-10-19(20)27-14-21(25)22-18(15(2)24)11-16-7-5-4-6-8-16/h4-10,12-13,18H,3,11,14H2,1-2H3,(H,22,25)/t18-/m0/s1. The Labute approximate surface area is 158 Å². The van der Waals surface area contributed by atoms with Crippen LogP contribution in [0.3, 0.4) is 0 Å². The number of carbonyl (C=O) groups is 3. The Hall–Kier alpha value is -3.15. The van der Waals surface area contributed by atoms with E-state index < -0.39 is 11.9 Å². The maximum Gasteiger partial charge on any atom is 0.258 e. The second-order valence-electron chi connectivity index (χ2n) is 5.97. The lowest BCUT2D eigenvalue weighted by Crippen LogP contribution is -2.43. The Morgan fingerprint density at radius 2 is 1.81 bits per heavy atom. The maximum atomic E-state index is 12.2. The zero-order valence-corrected chi connectivity index (χ0v) is 15.4. The van der Waals surface area contributed by atoms with E-state index in [-0.39, 0.29) is 12.4 Å². The second-order valence-corrected chi connectivity index (χ2v) is 5.97. The van der Waals surface area contributed by atoms with E-state index in [9.17, 15) is 14.4 Å². The van der Waals surface area contributed by atoms with Gasteiger partial charge in [-0.1, -0.05) is 30.3 Å². The zero-order chi connectivity index (χ0) is 19.6. The molecule has 0 aliphatic rings. The van der Waals surface area contributed by atoms with Crippen LogP contribution in [0.2, 0.25) is 0 Å². The second kappa shape index (κ2) is 10.1. The van der Waals surface area contributed by atoms with Crippen molar-refractivity contribution < 1.29 is 23.9 Å². The molecular formula is C21H23NO5. The van der Waals surface area contributed by atoms with Crippen LogP contribution in [0.4, 0.5) is 0 Å². The smallest absolute Gasteiger partial charge is 0.258 e. The van der Waals surface area contributed by atoms with Crippen molar-refractivity contribution in [2.45, 2.75) is 26.3 Å². The summed E-state index contributed by atoms with van der Waals surface area (Å²) in [5, 5.41) is 2.70. The summed E-state index contributed by atoms with van der Waals surface area (Å²) in [5.41, 5.74) is 1.41. The van der Waals surface area contributed by atoms with Crippen LogP contribution in [0.25, 0.3) is 0 Å². The van der Waals surface area contributed by atoms with Gasteiger partial charge in [-0.05, 0) is 44.0 Å². The van der Waals surface area contributed by atoms with Crippen LogP contribution in [0.5, 0.6) is 11.5 Å². The Bertz CT molecular complexity index is 788. The van der Waals surface area contributed by atoms with Crippen molar-refractivity contribution in [3.8, 4) is 11.5 Å². The molecule has 0 unspecified atom stereocenters. The lowest BCUT2D eigenvalue weighted by molar-refractivity contribution is -0.128. The first-order chi connectivity index (χ1) is 13.0. The number of ketones is 1. The molecule has 0 saturated heterocycles. The SMILES string of the molecule is CCOc1cc(C=O)ccc1OCC(=O)N[C@@H](Cc1ccccc1)C(C)=O. The first-order valence-electron chi connectivity index (χ1n) is 8.72. The first-order valence-corrected chi connectivity index (χ1v) is 8.72. The molecule has 2 rings (SSSR count). The summed E-state index contributed by atoms with van der Waals surface area (Å²) in [6.07, 6.45) is 1.13. The number of carbonyl (C=O) groups excluding carboxylic acids is 3. The minimum absolute atomic E-state index is 0.127. The van der Waals surface area contributed by atoms with Gasteiger partial charge in [0.15, 0.2) is 23.9 Å². The monoisotopic (exact) mass is 369 g/mol. The van der Waals surface area contributed by atoms with Gasteiger partial charge in [0.2, 0.25) is 0 Å². The Morgan fingerprint density at radius 3 is 2.44 bits per heavy atom. The molecule has 0 spiro atoms. The first kappa shape index (κ1) is 20.2. The number of benzene rings is 2. The number of hydrogen-bond acceptors (Lipinski definition) is 5. The zero-order valence-electron chi connectivity index (χ0n) is 15.4. The van der Waals surface area contributed by atoms with E-state index in [1.807, 2.05) is 37.3 Å². The summed E-state index contributed by atoms with van der Waals surface area (Å²) >= 11 is 0. The van der Waals surface area contributed by atoms with Gasteiger partial charge in [0, 0.05) is 5.56 Å². The molecule has 0 heterocycles. The third kappa shape index (κ3) is 6.26. The van der Waals surface area contributed by atoms with Crippen LogP contribution in [0.1, 0.15) is 29.8 Å². The van der Waals surface area contributed by atoms with Crippen molar-refractivity contribution in [3.63, 3.8) is 0 Å². The summed E-state index contributed by atoms with van der Waals surface area (Å²) in [4.78, 5) is 35.0. The largest absolute Gasteiger partial charge is 0.490 e. The molecule has 6 heteroatoms. The van der Waals surface area contributed by atoms with Crippen molar-refractivity contribution in [2.24, 2.45) is 0 Å². The van der Waals surface area contributed by atoms with Crippen LogP contribution >= 0.6 is 0 Å². The number of rotatable bonds is 10. The van der Waals surface area contributed by atoms with Gasteiger partial charge in [0.05, 0.1) is 12.6 Å². The predicted octanol–water partition coefficient (Wildman–Crippen LogP) is 2.59. The number of amides is 1. The summed E-state index contributed by atoms with van der Waals surface area (Å²) in [6, 6.07) is 13.6. The van der Waals surface area contributed by atoms with Crippen molar-refractivity contribution in [2.75, 3.05) is 13.2 Å². The summed E-state index contributed by atoms with van der Waals surface area (Å²) < 4.78 is 11.0. The third-order valence-corrected chi connectivity index (χ3v) is 3.87. The van der Waals surface area contributed by atoms with E-state index in [0.717, 1.165) is 5.56 Å². The van der Waals surface area contributed by atoms with Crippen LogP contribution < -0.4 is 14.8 Å². The fourth-order valence-electron chi connectivity index (χ4n) is 2.51. The predicted molar refractivity (Wildman–Crippen MR) is 101 cm³/mol. The van der Waals surface area contributed by atoms with Crippen LogP contribution in [0, 0.1) is 0 Å². The highest BCUT2D eigenvalue weighted by molar-refractivity contribution is 5.88. The molecule has 2 aromatic carbocycles. The number of aldehydes is 1. The van der Waals surface area contributed by atoms with E-state index >= 15 is 0 Å². The van der Waals surface area contributed by atoms with Crippen molar-refractivity contribution >= 4 is 18.0 Å². The number of Topliss-reactive ketones (excluding diaryl/α,β-unsaturated/α-hetero) is 1. The average Bonchev–Trinajstić information content (AvgIpc) is 2.67. The Kier molecular flexibility index (Phi) is 7.55. The molecule has 1 N–H and O–H groups in total. The van der Waals surface area contributed by atoms with Gasteiger partial charge in [-0.3, -0.25) is 14.4 Å². The highest BCUT2D eigenvalue weighted by Crippen LogP contribution is 2.28. The molecule has 0 fully saturated rings. The molecule has 6 nitrogen and oxygen atoms in total. The number of nitrogens with one attached hydrogen (secondary N) is 1. The molecule has 0 aromatic heterocycles. The molecular weight excluding hydrogens is 346 g/mol. The Balaban J connectivity index is 1.98. The molecule has 0 radical (unpaired) electrons. The molecule has 0 saturated carbocycles. The van der Waals surface area contributed by atoms with Gasteiger partial charge in [-0.15, -0.1) is 0 Å². The van der Waals surface area contributed by atoms with E-state index in [1.165, 1.54) is 6.92 Å². The fourth-order valence-corrected chi connectivity index (χ4v) is 2.51. The Morgan fingerprint density at radius 1 is 1.07 bits per heavy atom. The molecule has 142 valence electrons. The van der Waals surface area contributed by atoms with E-state index in [0.29, 0.717) is 36.4 Å². The molecule has 27 heavy (non-hydrogen) atoms. The molecule has 0 aliphatic heterocycles. The van der Waals surface area contributed by atoms with E-state index in [2.05, 4.69) is 5.32 Å². The highest BCUT2D eigenvalue weighted by Gasteiger charge is 2.18. The lowest BCUT2D eigenvalue weighted by atomic mass is 10.0. The van der Waals surface area contributed by atoms with E-state index in [4.69, 9.17) is 9.47 Å². The maximum absolute atomic E-state index is 12.2.